The van der Waals surface area contributed by atoms with E-state index in [1.165, 1.54) is 4.90 Å². The van der Waals surface area contributed by atoms with Crippen molar-refractivity contribution in [2.45, 2.75) is 39.0 Å². The van der Waals surface area contributed by atoms with Crippen LogP contribution in [-0.4, -0.2) is 73.8 Å². The van der Waals surface area contributed by atoms with Gasteiger partial charge in [-0.2, -0.15) is 13.2 Å². The molecule has 0 radical (unpaired) electrons. The second kappa shape index (κ2) is 15.1. The van der Waals surface area contributed by atoms with Gasteiger partial charge in [-0.3, -0.25) is 0 Å². The standard InChI is InChI=1S/C26H33F3N2O6/c1-3-36-23(24(32)33)17-20-7-11-22(12-8-20)37-16-14-31(13-4-15-35-18-26(27,28)29)25(34)30-21-9-5-19(2)6-10-21/h5-12,23H,3-4,13-18H2,1-2H3,(H,30,34)(H,32,33). The highest BCUT2D eigenvalue weighted by molar-refractivity contribution is 5.89. The number of amides is 2. The number of carbonyl (C=O) groups excluding carboxylic acids is 1. The summed E-state index contributed by atoms with van der Waals surface area (Å²) in [7, 11) is 0. The van der Waals surface area contributed by atoms with Crippen molar-refractivity contribution in [1.29, 1.82) is 0 Å². The number of hydrogen-bond acceptors (Lipinski definition) is 5. The van der Waals surface area contributed by atoms with E-state index in [1.807, 2.05) is 19.1 Å². The van der Waals surface area contributed by atoms with Gasteiger partial charge in [0.1, 0.15) is 19.0 Å². The van der Waals surface area contributed by atoms with E-state index in [-0.39, 0.29) is 39.1 Å². The number of ether oxygens (including phenoxy) is 3. The van der Waals surface area contributed by atoms with Gasteiger partial charge in [0, 0.05) is 31.9 Å². The molecule has 0 aliphatic carbocycles. The zero-order chi connectivity index (χ0) is 27.3. The van der Waals surface area contributed by atoms with Crippen molar-refractivity contribution in [3.8, 4) is 5.75 Å². The summed E-state index contributed by atoms with van der Waals surface area (Å²) in [5.74, 6) is -0.505. The number of carbonyl (C=O) groups is 2. The first-order valence-corrected chi connectivity index (χ1v) is 11.9. The van der Waals surface area contributed by atoms with Crippen LogP contribution in [0, 0.1) is 6.92 Å². The molecule has 11 heteroatoms. The van der Waals surface area contributed by atoms with E-state index < -0.39 is 30.9 Å². The molecule has 0 spiro atoms. The topological polar surface area (TPSA) is 97.3 Å². The molecule has 0 heterocycles. The average Bonchev–Trinajstić information content (AvgIpc) is 2.84. The predicted molar refractivity (Wildman–Crippen MR) is 132 cm³/mol. The van der Waals surface area contributed by atoms with E-state index in [1.54, 1.807) is 43.3 Å². The number of aryl methyl sites for hydroxylation is 1. The summed E-state index contributed by atoms with van der Waals surface area (Å²) < 4.78 is 52.4. The Morgan fingerprint density at radius 2 is 1.70 bits per heavy atom. The van der Waals surface area contributed by atoms with Gasteiger partial charge in [-0.05, 0) is 50.1 Å². The Morgan fingerprint density at radius 1 is 1.03 bits per heavy atom. The van der Waals surface area contributed by atoms with Crippen LogP contribution in [0.1, 0.15) is 24.5 Å². The van der Waals surface area contributed by atoms with Gasteiger partial charge in [0.15, 0.2) is 6.10 Å². The summed E-state index contributed by atoms with van der Waals surface area (Å²) >= 11 is 0. The Balaban J connectivity index is 1.90. The van der Waals surface area contributed by atoms with Crippen LogP contribution in [0.4, 0.5) is 23.7 Å². The number of nitrogens with zero attached hydrogens (tertiary/aromatic N) is 1. The van der Waals surface area contributed by atoms with Crippen molar-refractivity contribution in [3.63, 3.8) is 0 Å². The summed E-state index contributed by atoms with van der Waals surface area (Å²) in [6.07, 6.45) is -4.90. The summed E-state index contributed by atoms with van der Waals surface area (Å²) in [5.41, 5.74) is 2.40. The fourth-order valence-corrected chi connectivity index (χ4v) is 3.33. The Kier molecular flexibility index (Phi) is 12.2. The van der Waals surface area contributed by atoms with Crippen molar-refractivity contribution in [2.75, 3.05) is 44.8 Å². The molecule has 0 aromatic heterocycles. The van der Waals surface area contributed by atoms with Gasteiger partial charge < -0.3 is 29.5 Å². The van der Waals surface area contributed by atoms with Crippen LogP contribution >= 0.6 is 0 Å². The van der Waals surface area contributed by atoms with E-state index in [0.29, 0.717) is 18.0 Å². The Hall–Kier alpha value is -3.31. The fraction of sp³-hybridized carbons (Fsp3) is 0.462. The quantitative estimate of drug-likeness (QED) is 0.320. The van der Waals surface area contributed by atoms with Gasteiger partial charge in [-0.25, -0.2) is 9.59 Å². The molecular formula is C26H33F3N2O6. The van der Waals surface area contributed by atoms with Crippen LogP contribution < -0.4 is 10.1 Å². The van der Waals surface area contributed by atoms with Crippen molar-refractivity contribution in [1.82, 2.24) is 4.90 Å². The minimum atomic E-state index is -4.40. The van der Waals surface area contributed by atoms with Gasteiger partial charge in [-0.15, -0.1) is 0 Å². The molecule has 1 atom stereocenters. The van der Waals surface area contributed by atoms with Gasteiger partial charge in [-0.1, -0.05) is 29.8 Å². The number of carboxylic acid groups (broad SMARTS) is 1. The first-order valence-electron chi connectivity index (χ1n) is 11.9. The first kappa shape index (κ1) is 29.9. The van der Waals surface area contributed by atoms with Crippen LogP contribution in [-0.2, 0) is 20.7 Å². The maximum atomic E-state index is 12.8. The molecule has 0 aliphatic heterocycles. The number of halogens is 3. The van der Waals surface area contributed by atoms with E-state index >= 15 is 0 Å². The lowest BCUT2D eigenvalue weighted by atomic mass is 10.1. The zero-order valence-electron chi connectivity index (χ0n) is 20.9. The molecule has 2 rings (SSSR count). The molecular weight excluding hydrogens is 493 g/mol. The molecule has 8 nitrogen and oxygen atoms in total. The number of rotatable bonds is 15. The number of aliphatic carboxylic acids is 1. The van der Waals surface area contributed by atoms with E-state index in [2.05, 4.69) is 10.1 Å². The molecule has 37 heavy (non-hydrogen) atoms. The highest BCUT2D eigenvalue weighted by Gasteiger charge is 2.27. The van der Waals surface area contributed by atoms with Gasteiger partial charge in [0.25, 0.3) is 0 Å². The second-order valence-corrected chi connectivity index (χ2v) is 8.28. The average molecular weight is 527 g/mol. The van der Waals surface area contributed by atoms with Crippen molar-refractivity contribution in [3.05, 3.63) is 59.7 Å². The summed E-state index contributed by atoms with van der Waals surface area (Å²) in [4.78, 5) is 25.5. The SMILES string of the molecule is CCOC(Cc1ccc(OCCN(CCCOCC(F)(F)F)C(=O)Nc2ccc(C)cc2)cc1)C(=O)O. The number of anilines is 1. The highest BCUT2D eigenvalue weighted by Crippen LogP contribution is 2.16. The Morgan fingerprint density at radius 3 is 2.30 bits per heavy atom. The number of nitrogens with one attached hydrogen (secondary N) is 1. The second-order valence-electron chi connectivity index (χ2n) is 8.28. The molecule has 0 saturated heterocycles. The molecule has 0 fully saturated rings. The molecule has 204 valence electrons. The van der Waals surface area contributed by atoms with Crippen LogP contribution in [0.15, 0.2) is 48.5 Å². The normalized spacial score (nSPS) is 12.1. The summed E-state index contributed by atoms with van der Waals surface area (Å²) in [6.45, 7) is 2.96. The molecule has 0 saturated carbocycles. The number of alkyl halides is 3. The number of hydrogen-bond donors (Lipinski definition) is 2. The maximum Gasteiger partial charge on any atom is 0.411 e. The number of carboxylic acids is 1. The minimum absolute atomic E-state index is 0.140. The molecule has 2 aromatic carbocycles. The molecule has 2 amide bonds. The molecule has 2 aromatic rings. The number of urea groups is 1. The monoisotopic (exact) mass is 526 g/mol. The summed E-state index contributed by atoms with van der Waals surface area (Å²) in [6, 6.07) is 13.7. The molecule has 1 unspecified atom stereocenters. The highest BCUT2D eigenvalue weighted by atomic mass is 19.4. The van der Waals surface area contributed by atoms with E-state index in [0.717, 1.165) is 11.1 Å². The third-order valence-electron chi connectivity index (χ3n) is 5.19. The van der Waals surface area contributed by atoms with Gasteiger partial charge >= 0.3 is 18.2 Å². The van der Waals surface area contributed by atoms with Crippen molar-refractivity contribution >= 4 is 17.7 Å². The summed E-state index contributed by atoms with van der Waals surface area (Å²) in [5, 5.41) is 12.0. The first-order chi connectivity index (χ1) is 17.6. The van der Waals surface area contributed by atoms with Crippen LogP contribution in [0.25, 0.3) is 0 Å². The fourth-order valence-electron chi connectivity index (χ4n) is 3.33. The smallest absolute Gasteiger partial charge is 0.411 e. The van der Waals surface area contributed by atoms with Crippen molar-refractivity contribution in [2.24, 2.45) is 0 Å². The molecule has 2 N–H and O–H groups in total. The van der Waals surface area contributed by atoms with Gasteiger partial charge in [0.05, 0.1) is 6.54 Å². The molecule has 0 bridgehead atoms. The minimum Gasteiger partial charge on any atom is -0.492 e. The van der Waals surface area contributed by atoms with Crippen LogP contribution in [0.5, 0.6) is 5.75 Å². The largest absolute Gasteiger partial charge is 0.492 e. The van der Waals surface area contributed by atoms with E-state index in [4.69, 9.17) is 9.47 Å². The Bertz CT molecular complexity index is 968. The van der Waals surface area contributed by atoms with Crippen LogP contribution in [0.3, 0.4) is 0 Å². The lowest BCUT2D eigenvalue weighted by Crippen LogP contribution is -2.39. The van der Waals surface area contributed by atoms with Crippen molar-refractivity contribution < 1.29 is 42.1 Å². The van der Waals surface area contributed by atoms with E-state index in [9.17, 15) is 27.9 Å². The maximum absolute atomic E-state index is 12.8. The van der Waals surface area contributed by atoms with Crippen LogP contribution in [0.2, 0.25) is 0 Å². The Labute approximate surface area is 214 Å². The third kappa shape index (κ3) is 12.0. The third-order valence-corrected chi connectivity index (χ3v) is 5.19. The number of benzene rings is 2. The zero-order valence-corrected chi connectivity index (χ0v) is 20.9. The van der Waals surface area contributed by atoms with Gasteiger partial charge in [0.2, 0.25) is 0 Å². The predicted octanol–water partition coefficient (Wildman–Crippen LogP) is 4.91. The lowest BCUT2D eigenvalue weighted by Gasteiger charge is -2.23. The molecule has 0 aliphatic rings. The lowest BCUT2D eigenvalue weighted by molar-refractivity contribution is -0.174.